The van der Waals surface area contributed by atoms with Crippen LogP contribution in [0.1, 0.15) is 47.6 Å². The van der Waals surface area contributed by atoms with Crippen LogP contribution in [0, 0.1) is 6.92 Å². The second-order valence-corrected chi connectivity index (χ2v) is 5.28. The van der Waals surface area contributed by atoms with Crippen LogP contribution in [0.5, 0.6) is 0 Å². The Morgan fingerprint density at radius 1 is 1.33 bits per heavy atom. The van der Waals surface area contributed by atoms with Crippen molar-refractivity contribution in [2.24, 2.45) is 0 Å². The molecule has 0 aliphatic carbocycles. The Bertz CT molecular complexity index is 633. The van der Waals surface area contributed by atoms with E-state index < -0.39 is 0 Å². The fourth-order valence-corrected chi connectivity index (χ4v) is 2.65. The molecule has 7 heteroatoms. The molecule has 21 heavy (non-hydrogen) atoms. The van der Waals surface area contributed by atoms with Crippen LogP contribution in [0.2, 0.25) is 0 Å². The number of nitrogens with zero attached hydrogens (tertiary/aromatic N) is 5. The van der Waals surface area contributed by atoms with Gasteiger partial charge in [-0.2, -0.15) is 4.98 Å². The van der Waals surface area contributed by atoms with Gasteiger partial charge in [0.15, 0.2) is 11.6 Å². The van der Waals surface area contributed by atoms with Crippen molar-refractivity contribution in [2.75, 3.05) is 18.0 Å². The van der Waals surface area contributed by atoms with Gasteiger partial charge in [-0.25, -0.2) is 9.97 Å². The highest BCUT2D eigenvalue weighted by molar-refractivity contribution is 5.94. The summed E-state index contributed by atoms with van der Waals surface area (Å²) >= 11 is 0. The fraction of sp³-hybridized carbons (Fsp3) is 0.500. The predicted molar refractivity (Wildman–Crippen MR) is 75.3 cm³/mol. The summed E-state index contributed by atoms with van der Waals surface area (Å²) in [6, 6.07) is 0. The van der Waals surface area contributed by atoms with E-state index in [1.165, 1.54) is 13.3 Å². The predicted octanol–water partition coefficient (Wildman–Crippen LogP) is 1.75. The highest BCUT2D eigenvalue weighted by Gasteiger charge is 2.25. The molecule has 2 aromatic rings. The maximum Gasteiger partial charge on any atom is 0.225 e. The molecule has 1 saturated heterocycles. The first kappa shape index (κ1) is 13.7. The first-order valence-electron chi connectivity index (χ1n) is 7.01. The van der Waals surface area contributed by atoms with Gasteiger partial charge in [-0.1, -0.05) is 5.16 Å². The minimum Gasteiger partial charge on any atom is -0.343 e. The fourth-order valence-electron chi connectivity index (χ4n) is 2.65. The Hall–Kier alpha value is -2.31. The van der Waals surface area contributed by atoms with Crippen LogP contribution in [0.25, 0.3) is 0 Å². The van der Waals surface area contributed by atoms with Crippen molar-refractivity contribution < 1.29 is 9.32 Å². The molecule has 0 aromatic carbocycles. The molecule has 0 bridgehead atoms. The molecule has 2 aromatic heterocycles. The first-order chi connectivity index (χ1) is 10.1. The summed E-state index contributed by atoms with van der Waals surface area (Å²) in [5.74, 6) is 1.79. The van der Waals surface area contributed by atoms with E-state index in [-0.39, 0.29) is 5.78 Å². The van der Waals surface area contributed by atoms with Crippen molar-refractivity contribution in [3.63, 3.8) is 0 Å². The molecule has 1 aliphatic heterocycles. The Morgan fingerprint density at radius 3 is 2.67 bits per heavy atom. The molecule has 1 aliphatic rings. The summed E-state index contributed by atoms with van der Waals surface area (Å²) in [5.41, 5.74) is 1.31. The Kier molecular flexibility index (Phi) is 3.64. The number of aromatic nitrogens is 4. The molecule has 0 amide bonds. The average molecular weight is 287 g/mol. The lowest BCUT2D eigenvalue weighted by atomic mass is 9.96. The zero-order valence-electron chi connectivity index (χ0n) is 12.1. The molecule has 3 heterocycles. The van der Waals surface area contributed by atoms with Crippen molar-refractivity contribution in [2.45, 2.75) is 32.6 Å². The van der Waals surface area contributed by atoms with Crippen molar-refractivity contribution in [3.8, 4) is 0 Å². The minimum absolute atomic E-state index is 0.00475. The summed E-state index contributed by atoms with van der Waals surface area (Å²) in [6.45, 7) is 5.06. The Balaban J connectivity index is 1.69. The normalized spacial score (nSPS) is 16.2. The quantitative estimate of drug-likeness (QED) is 0.795. The van der Waals surface area contributed by atoms with Crippen LogP contribution in [-0.4, -0.2) is 39.0 Å². The van der Waals surface area contributed by atoms with E-state index >= 15 is 0 Å². The summed E-state index contributed by atoms with van der Waals surface area (Å²) in [5, 5.41) is 3.91. The molecule has 110 valence electrons. The summed E-state index contributed by atoms with van der Waals surface area (Å²) in [4.78, 5) is 26.4. The topological polar surface area (TPSA) is 85.0 Å². The molecule has 1 fully saturated rings. The van der Waals surface area contributed by atoms with Gasteiger partial charge in [0.1, 0.15) is 0 Å². The highest BCUT2D eigenvalue weighted by atomic mass is 16.5. The molecule has 3 rings (SSSR count). The third-order valence-corrected chi connectivity index (χ3v) is 3.87. The minimum atomic E-state index is -0.00475. The van der Waals surface area contributed by atoms with E-state index in [2.05, 4.69) is 25.0 Å². The highest BCUT2D eigenvalue weighted by Crippen LogP contribution is 2.27. The SMILES string of the molecule is CC(=O)c1cnc(N2CCC(c3ncon3)CC2)nc1C. The van der Waals surface area contributed by atoms with E-state index in [9.17, 15) is 4.79 Å². The number of hydrogen-bond acceptors (Lipinski definition) is 7. The first-order valence-corrected chi connectivity index (χ1v) is 7.01. The monoisotopic (exact) mass is 287 g/mol. The van der Waals surface area contributed by atoms with Crippen LogP contribution < -0.4 is 4.90 Å². The van der Waals surface area contributed by atoms with Crippen LogP contribution in [0.15, 0.2) is 17.1 Å². The van der Waals surface area contributed by atoms with Gasteiger partial charge >= 0.3 is 0 Å². The molecular formula is C14H17N5O2. The smallest absolute Gasteiger partial charge is 0.225 e. The van der Waals surface area contributed by atoms with Crippen molar-refractivity contribution >= 4 is 11.7 Å². The maximum atomic E-state index is 11.4. The number of rotatable bonds is 3. The van der Waals surface area contributed by atoms with Gasteiger partial charge in [-0.05, 0) is 26.7 Å². The van der Waals surface area contributed by atoms with E-state index in [1.54, 1.807) is 6.20 Å². The number of aryl methyl sites for hydroxylation is 1. The van der Waals surface area contributed by atoms with Crippen LogP contribution in [0.3, 0.4) is 0 Å². The molecule has 0 N–H and O–H groups in total. The van der Waals surface area contributed by atoms with E-state index in [4.69, 9.17) is 4.52 Å². The number of Topliss-reactive ketones (excluding diaryl/α,β-unsaturated/α-hetero) is 1. The maximum absolute atomic E-state index is 11.4. The number of anilines is 1. The second-order valence-electron chi connectivity index (χ2n) is 5.28. The number of hydrogen-bond donors (Lipinski definition) is 0. The summed E-state index contributed by atoms with van der Waals surface area (Å²) < 4.78 is 4.80. The van der Waals surface area contributed by atoms with E-state index in [1.807, 2.05) is 6.92 Å². The van der Waals surface area contributed by atoms with Crippen molar-refractivity contribution in [1.29, 1.82) is 0 Å². The second kappa shape index (κ2) is 5.59. The Morgan fingerprint density at radius 2 is 2.10 bits per heavy atom. The average Bonchev–Trinajstić information content (AvgIpc) is 3.01. The third kappa shape index (κ3) is 2.76. The van der Waals surface area contributed by atoms with Gasteiger partial charge < -0.3 is 9.42 Å². The van der Waals surface area contributed by atoms with Crippen molar-refractivity contribution in [1.82, 2.24) is 20.1 Å². The van der Waals surface area contributed by atoms with Crippen LogP contribution >= 0.6 is 0 Å². The van der Waals surface area contributed by atoms with Crippen LogP contribution in [0.4, 0.5) is 5.95 Å². The third-order valence-electron chi connectivity index (χ3n) is 3.87. The summed E-state index contributed by atoms with van der Waals surface area (Å²) in [6.07, 6.45) is 4.87. The molecule has 7 nitrogen and oxygen atoms in total. The van der Waals surface area contributed by atoms with Gasteiger partial charge in [0, 0.05) is 25.2 Å². The standard InChI is InChI=1S/C14H17N5O2/c1-9-12(10(2)20)7-15-14(17-9)19-5-3-11(4-6-19)13-16-8-21-18-13/h7-8,11H,3-6H2,1-2H3. The number of ketones is 1. The van der Waals surface area contributed by atoms with Gasteiger partial charge in [0.05, 0.1) is 11.3 Å². The Labute approximate surface area is 122 Å². The number of piperidine rings is 1. The zero-order chi connectivity index (χ0) is 14.8. The number of carbonyl (C=O) groups excluding carboxylic acids is 1. The molecule has 0 radical (unpaired) electrons. The van der Waals surface area contributed by atoms with Gasteiger partial charge in [0.2, 0.25) is 12.3 Å². The van der Waals surface area contributed by atoms with Gasteiger partial charge in [-0.15, -0.1) is 0 Å². The molecule has 0 spiro atoms. The molecule has 0 unspecified atom stereocenters. The lowest BCUT2D eigenvalue weighted by Gasteiger charge is -2.30. The number of carbonyl (C=O) groups is 1. The zero-order valence-corrected chi connectivity index (χ0v) is 12.1. The van der Waals surface area contributed by atoms with Gasteiger partial charge in [0.25, 0.3) is 0 Å². The lowest BCUT2D eigenvalue weighted by Crippen LogP contribution is -2.34. The summed E-state index contributed by atoms with van der Waals surface area (Å²) in [7, 11) is 0. The van der Waals surface area contributed by atoms with E-state index in [0.29, 0.717) is 17.4 Å². The molecule has 0 atom stereocenters. The lowest BCUT2D eigenvalue weighted by molar-refractivity contribution is 0.101. The van der Waals surface area contributed by atoms with E-state index in [0.717, 1.165) is 37.4 Å². The van der Waals surface area contributed by atoms with Crippen LogP contribution in [-0.2, 0) is 0 Å². The molecule has 0 saturated carbocycles. The molecular weight excluding hydrogens is 270 g/mol. The largest absolute Gasteiger partial charge is 0.343 e. The van der Waals surface area contributed by atoms with Gasteiger partial charge in [-0.3, -0.25) is 4.79 Å². The van der Waals surface area contributed by atoms with Crippen molar-refractivity contribution in [3.05, 3.63) is 29.7 Å².